The monoisotopic (exact) mass is 511 g/mol. The molecule has 0 radical (unpaired) electrons. The number of hydrogen-bond acceptors (Lipinski definition) is 8. The summed E-state index contributed by atoms with van der Waals surface area (Å²) in [5.41, 5.74) is 2.27. The lowest BCUT2D eigenvalue weighted by Crippen LogP contribution is -2.24. The fourth-order valence-corrected chi connectivity index (χ4v) is 5.51. The maximum atomic E-state index is 13.4. The average Bonchev–Trinajstić information content (AvgIpc) is 3.24. The van der Waals surface area contributed by atoms with E-state index in [0.29, 0.717) is 45.8 Å². The molecule has 0 saturated heterocycles. The first kappa shape index (κ1) is 24.9. The van der Waals surface area contributed by atoms with Crippen LogP contribution >= 0.6 is 23.5 Å². The number of rotatable bonds is 8. The molecule has 0 bridgehead atoms. The normalized spacial score (nSPS) is 14.3. The number of carbonyl (C=O) groups is 2. The number of nitrogens with one attached hydrogen (secondary N) is 1. The fourth-order valence-electron chi connectivity index (χ4n) is 3.59. The van der Waals surface area contributed by atoms with E-state index in [0.717, 1.165) is 5.69 Å². The number of carbonyl (C=O) groups excluding carboxylic acids is 2. The summed E-state index contributed by atoms with van der Waals surface area (Å²) in [6.07, 6.45) is 0.714. The van der Waals surface area contributed by atoms with Crippen LogP contribution in [0.2, 0.25) is 0 Å². The van der Waals surface area contributed by atoms with Gasteiger partial charge in [-0.2, -0.15) is 0 Å². The van der Waals surface area contributed by atoms with Gasteiger partial charge in [0.2, 0.25) is 5.91 Å². The zero-order chi connectivity index (χ0) is 24.9. The highest BCUT2D eigenvalue weighted by molar-refractivity contribution is 8.00. The summed E-state index contributed by atoms with van der Waals surface area (Å²) in [6, 6.07) is 13.7. The number of amides is 1. The summed E-state index contributed by atoms with van der Waals surface area (Å²) in [6.45, 7) is 4.11. The van der Waals surface area contributed by atoms with Crippen molar-refractivity contribution in [3.8, 4) is 11.4 Å². The first-order valence-corrected chi connectivity index (χ1v) is 12.9. The predicted octanol–water partition coefficient (Wildman–Crippen LogP) is 4.19. The number of thioether (sulfide) groups is 2. The number of ether oxygens (including phenoxy) is 2. The van der Waals surface area contributed by atoms with Gasteiger partial charge in [0.15, 0.2) is 5.16 Å². The molecule has 1 aliphatic rings. The van der Waals surface area contributed by atoms with Crippen molar-refractivity contribution in [3.05, 3.63) is 70.1 Å². The molecular weight excluding hydrogens is 486 g/mol. The number of benzene rings is 2. The van der Waals surface area contributed by atoms with Gasteiger partial charge >= 0.3 is 5.97 Å². The lowest BCUT2D eigenvalue weighted by Gasteiger charge is -2.14. The summed E-state index contributed by atoms with van der Waals surface area (Å²) in [5, 5.41) is 3.54. The molecule has 8 nitrogen and oxygen atoms in total. The van der Waals surface area contributed by atoms with Crippen LogP contribution in [0.25, 0.3) is 5.69 Å². The highest BCUT2D eigenvalue weighted by Crippen LogP contribution is 2.35. The van der Waals surface area contributed by atoms with E-state index in [-0.39, 0.29) is 22.5 Å². The number of aromatic nitrogens is 2. The summed E-state index contributed by atoms with van der Waals surface area (Å²) in [4.78, 5) is 43.2. The smallest absolute Gasteiger partial charge is 0.338 e. The number of esters is 1. The molecule has 1 unspecified atom stereocenters. The molecular formula is C25H25N3O5S2. The van der Waals surface area contributed by atoms with Gasteiger partial charge in [-0.3, -0.25) is 14.2 Å². The Morgan fingerprint density at radius 2 is 1.89 bits per heavy atom. The molecule has 10 heteroatoms. The van der Waals surface area contributed by atoms with Gasteiger partial charge in [0.05, 0.1) is 41.3 Å². The largest absolute Gasteiger partial charge is 0.497 e. The molecule has 182 valence electrons. The van der Waals surface area contributed by atoms with Crippen LogP contribution in [0.3, 0.4) is 0 Å². The van der Waals surface area contributed by atoms with Crippen molar-refractivity contribution in [2.75, 3.05) is 24.8 Å². The van der Waals surface area contributed by atoms with Crippen molar-refractivity contribution < 1.29 is 19.1 Å². The third-order valence-electron chi connectivity index (χ3n) is 5.22. The lowest BCUT2D eigenvalue weighted by molar-refractivity contribution is -0.113. The van der Waals surface area contributed by atoms with E-state index < -0.39 is 5.97 Å². The number of methoxy groups -OCH3 is 1. The SMILES string of the molecule is CCOC(=O)c1ccc(NC(=O)CSc2nc3c(c(=O)n2-c2ccc(OC)cc2)SC(C)C3)cc1. The third kappa shape index (κ3) is 5.71. The third-order valence-corrected chi connectivity index (χ3v) is 7.38. The molecule has 1 amide bonds. The van der Waals surface area contributed by atoms with Gasteiger partial charge in [-0.05, 0) is 55.5 Å². The second-order valence-electron chi connectivity index (χ2n) is 7.78. The van der Waals surface area contributed by atoms with E-state index in [1.54, 1.807) is 67.1 Å². The maximum absolute atomic E-state index is 13.4. The Morgan fingerprint density at radius 3 is 2.54 bits per heavy atom. The van der Waals surface area contributed by atoms with Crippen molar-refractivity contribution in [1.82, 2.24) is 9.55 Å². The molecule has 1 aromatic heterocycles. The van der Waals surface area contributed by atoms with Gasteiger partial charge in [-0.25, -0.2) is 9.78 Å². The molecule has 0 fully saturated rings. The minimum Gasteiger partial charge on any atom is -0.497 e. The molecule has 0 aliphatic carbocycles. The second kappa shape index (κ2) is 11.0. The van der Waals surface area contributed by atoms with Crippen LogP contribution in [0.15, 0.2) is 63.4 Å². The molecule has 2 aromatic carbocycles. The summed E-state index contributed by atoms with van der Waals surface area (Å²) in [7, 11) is 1.58. The molecule has 1 aliphatic heterocycles. The first-order chi connectivity index (χ1) is 16.9. The topological polar surface area (TPSA) is 99.5 Å². The van der Waals surface area contributed by atoms with Gasteiger partial charge in [0, 0.05) is 17.4 Å². The van der Waals surface area contributed by atoms with Crippen LogP contribution in [0.1, 0.15) is 29.9 Å². The van der Waals surface area contributed by atoms with Crippen molar-refractivity contribution in [2.45, 2.75) is 35.6 Å². The zero-order valence-electron chi connectivity index (χ0n) is 19.6. The van der Waals surface area contributed by atoms with Crippen LogP contribution in [0.5, 0.6) is 5.75 Å². The molecule has 2 heterocycles. The van der Waals surface area contributed by atoms with E-state index >= 15 is 0 Å². The molecule has 1 atom stereocenters. The van der Waals surface area contributed by atoms with E-state index in [4.69, 9.17) is 14.5 Å². The minimum absolute atomic E-state index is 0.0592. The Hall–Kier alpha value is -3.24. The average molecular weight is 512 g/mol. The number of fused-ring (bicyclic) bond motifs is 1. The lowest BCUT2D eigenvalue weighted by atomic mass is 10.2. The Balaban J connectivity index is 1.53. The van der Waals surface area contributed by atoms with Crippen LogP contribution in [0, 0.1) is 0 Å². The highest BCUT2D eigenvalue weighted by Gasteiger charge is 2.27. The number of hydrogen-bond donors (Lipinski definition) is 1. The van der Waals surface area contributed by atoms with E-state index in [1.807, 2.05) is 0 Å². The quantitative estimate of drug-likeness (QED) is 0.273. The van der Waals surface area contributed by atoms with Crippen LogP contribution in [0.4, 0.5) is 5.69 Å². The number of anilines is 1. The van der Waals surface area contributed by atoms with Crippen molar-refractivity contribution in [1.29, 1.82) is 0 Å². The maximum Gasteiger partial charge on any atom is 0.338 e. The van der Waals surface area contributed by atoms with Gasteiger partial charge in [0.25, 0.3) is 5.56 Å². The molecule has 0 spiro atoms. The van der Waals surface area contributed by atoms with E-state index in [2.05, 4.69) is 12.2 Å². The van der Waals surface area contributed by atoms with Gasteiger partial charge in [-0.15, -0.1) is 11.8 Å². The second-order valence-corrected chi connectivity index (χ2v) is 10.2. The minimum atomic E-state index is -0.410. The molecule has 0 saturated carbocycles. The van der Waals surface area contributed by atoms with Crippen LogP contribution in [-0.4, -0.2) is 46.1 Å². The standard InChI is InChI=1S/C25H25N3O5S2/c1-4-33-24(31)16-5-7-17(8-6-16)26-21(29)14-34-25-27-20-13-15(2)35-22(20)23(30)28(25)18-9-11-19(32-3)12-10-18/h5-12,15H,4,13-14H2,1-3H3,(H,26,29). The molecule has 3 aromatic rings. The molecule has 1 N–H and O–H groups in total. The Labute approximate surface area is 211 Å². The molecule has 35 heavy (non-hydrogen) atoms. The summed E-state index contributed by atoms with van der Waals surface area (Å²) >= 11 is 2.73. The van der Waals surface area contributed by atoms with Gasteiger partial charge in [-0.1, -0.05) is 18.7 Å². The highest BCUT2D eigenvalue weighted by atomic mass is 32.2. The van der Waals surface area contributed by atoms with Crippen molar-refractivity contribution >= 4 is 41.1 Å². The van der Waals surface area contributed by atoms with E-state index in [9.17, 15) is 14.4 Å². The Bertz CT molecular complexity index is 1290. The van der Waals surface area contributed by atoms with Crippen LogP contribution < -0.4 is 15.6 Å². The number of nitrogens with zero attached hydrogens (tertiary/aromatic N) is 2. The Morgan fingerprint density at radius 1 is 1.17 bits per heavy atom. The van der Waals surface area contributed by atoms with Crippen LogP contribution in [-0.2, 0) is 16.0 Å². The first-order valence-electron chi connectivity index (χ1n) is 11.1. The predicted molar refractivity (Wildman–Crippen MR) is 137 cm³/mol. The zero-order valence-corrected chi connectivity index (χ0v) is 21.2. The molecule has 4 rings (SSSR count). The summed E-state index contributed by atoms with van der Waals surface area (Å²) < 4.78 is 11.8. The van der Waals surface area contributed by atoms with Crippen molar-refractivity contribution in [2.24, 2.45) is 0 Å². The Kier molecular flexibility index (Phi) is 7.82. The van der Waals surface area contributed by atoms with Gasteiger partial charge < -0.3 is 14.8 Å². The van der Waals surface area contributed by atoms with E-state index in [1.165, 1.54) is 23.5 Å². The van der Waals surface area contributed by atoms with Gasteiger partial charge in [0.1, 0.15) is 5.75 Å². The fraction of sp³-hybridized carbons (Fsp3) is 0.280. The summed E-state index contributed by atoms with van der Waals surface area (Å²) in [5.74, 6) is 0.0794. The van der Waals surface area contributed by atoms with Crippen molar-refractivity contribution in [3.63, 3.8) is 0 Å².